The molecule has 100 valence electrons. The molecule has 1 aliphatic carbocycles. The van der Waals surface area contributed by atoms with Crippen LogP contribution in [0.25, 0.3) is 0 Å². The van der Waals surface area contributed by atoms with Gasteiger partial charge in [-0.2, -0.15) is 0 Å². The summed E-state index contributed by atoms with van der Waals surface area (Å²) in [5, 5.41) is 12.8. The number of hydrogen-bond donors (Lipinski definition) is 3. The molecule has 1 aromatic heterocycles. The summed E-state index contributed by atoms with van der Waals surface area (Å²) in [7, 11) is 0. The third kappa shape index (κ3) is 4.41. The maximum Gasteiger partial charge on any atom is 0.194 e. The third-order valence-electron chi connectivity index (χ3n) is 3.06. The van der Waals surface area contributed by atoms with Crippen LogP contribution in [0, 0.1) is 0 Å². The Morgan fingerprint density at radius 3 is 2.83 bits per heavy atom. The third-order valence-corrected chi connectivity index (χ3v) is 3.06. The maximum absolute atomic E-state index is 9.87. The molecule has 2 rings (SSSR count). The number of nitrogens with zero attached hydrogens (tertiary/aromatic N) is 2. The lowest BCUT2D eigenvalue weighted by molar-refractivity contribution is -0.0377. The van der Waals surface area contributed by atoms with E-state index in [1.807, 2.05) is 18.2 Å². The number of guanidine groups is 1. The summed E-state index contributed by atoms with van der Waals surface area (Å²) in [5.74, 6) is 1.02. The van der Waals surface area contributed by atoms with Crippen LogP contribution >= 0.6 is 24.0 Å². The van der Waals surface area contributed by atoms with Crippen molar-refractivity contribution in [3.8, 4) is 0 Å². The van der Waals surface area contributed by atoms with Crippen molar-refractivity contribution in [2.45, 2.75) is 31.3 Å². The Hall–Kier alpha value is -0.890. The van der Waals surface area contributed by atoms with E-state index in [-0.39, 0.29) is 24.0 Å². The van der Waals surface area contributed by atoms with Gasteiger partial charge in [0, 0.05) is 12.7 Å². The van der Waals surface area contributed by atoms with E-state index in [0.29, 0.717) is 24.7 Å². The summed E-state index contributed by atoms with van der Waals surface area (Å²) in [6.07, 6.45) is 5.25. The Balaban J connectivity index is 0.00000162. The van der Waals surface area contributed by atoms with Crippen LogP contribution in [-0.4, -0.2) is 28.2 Å². The molecular weight excluding hydrogens is 343 g/mol. The van der Waals surface area contributed by atoms with Crippen molar-refractivity contribution in [3.05, 3.63) is 24.4 Å². The maximum atomic E-state index is 9.87. The van der Waals surface area contributed by atoms with E-state index in [1.165, 1.54) is 0 Å². The van der Waals surface area contributed by atoms with Crippen LogP contribution in [0.5, 0.6) is 0 Å². The molecule has 0 unspecified atom stereocenters. The standard InChI is InChI=1S/C12H18N4O.HI/c13-11(16-10-4-1-2-8-14-10)15-9-7-12(17)5-3-6-12;/h1-2,4,8,17H,3,5-7,9H2,(H3,13,14,15,16);1H. The van der Waals surface area contributed by atoms with Crippen molar-refractivity contribution in [3.63, 3.8) is 0 Å². The Morgan fingerprint density at radius 1 is 1.50 bits per heavy atom. The molecule has 4 N–H and O–H groups in total. The second kappa shape index (κ2) is 6.89. The Bertz CT molecular complexity index is 392. The number of hydrogen-bond acceptors (Lipinski definition) is 3. The first-order valence-corrected chi connectivity index (χ1v) is 5.88. The van der Waals surface area contributed by atoms with E-state index >= 15 is 0 Å². The van der Waals surface area contributed by atoms with E-state index in [9.17, 15) is 5.11 Å². The number of nitrogens with one attached hydrogen (secondary N) is 1. The highest BCUT2D eigenvalue weighted by Gasteiger charge is 2.33. The lowest BCUT2D eigenvalue weighted by atomic mass is 9.78. The summed E-state index contributed by atoms with van der Waals surface area (Å²) < 4.78 is 0. The quantitative estimate of drug-likeness (QED) is 0.433. The molecule has 0 aliphatic heterocycles. The molecule has 0 spiro atoms. The number of pyridine rings is 1. The van der Waals surface area contributed by atoms with Gasteiger partial charge in [-0.25, -0.2) is 4.98 Å². The van der Waals surface area contributed by atoms with Gasteiger partial charge in [0.2, 0.25) is 0 Å². The van der Waals surface area contributed by atoms with Crippen LogP contribution in [0.1, 0.15) is 25.7 Å². The number of aromatic nitrogens is 1. The SMILES string of the molecule is I.NC(=NCCC1(O)CCC1)Nc1ccccn1. The first kappa shape index (κ1) is 15.2. The van der Waals surface area contributed by atoms with Crippen molar-refractivity contribution in [2.24, 2.45) is 10.7 Å². The first-order chi connectivity index (χ1) is 8.18. The number of nitrogens with two attached hydrogens (primary N) is 1. The zero-order valence-electron chi connectivity index (χ0n) is 10.2. The van der Waals surface area contributed by atoms with E-state index in [1.54, 1.807) is 6.20 Å². The molecule has 5 nitrogen and oxygen atoms in total. The molecular formula is C12H19IN4O. The van der Waals surface area contributed by atoms with Crippen LogP contribution in [0.4, 0.5) is 5.82 Å². The Kier molecular flexibility index (Phi) is 5.80. The predicted octanol–water partition coefficient (Wildman–Crippen LogP) is 1.73. The van der Waals surface area contributed by atoms with Crippen LogP contribution < -0.4 is 11.1 Å². The smallest absolute Gasteiger partial charge is 0.194 e. The summed E-state index contributed by atoms with van der Waals surface area (Å²) in [5.41, 5.74) is 5.22. The minimum atomic E-state index is -0.491. The molecule has 0 bridgehead atoms. The van der Waals surface area contributed by atoms with Crippen molar-refractivity contribution in [1.29, 1.82) is 0 Å². The van der Waals surface area contributed by atoms with E-state index in [0.717, 1.165) is 19.3 Å². The highest BCUT2D eigenvalue weighted by Crippen LogP contribution is 2.34. The highest BCUT2D eigenvalue weighted by atomic mass is 127. The normalized spacial score (nSPS) is 17.5. The lowest BCUT2D eigenvalue weighted by Gasteiger charge is -2.36. The topological polar surface area (TPSA) is 83.5 Å². The van der Waals surface area contributed by atoms with E-state index < -0.39 is 5.60 Å². The van der Waals surface area contributed by atoms with Gasteiger partial charge in [0.25, 0.3) is 0 Å². The molecule has 1 aromatic rings. The molecule has 1 aliphatic rings. The van der Waals surface area contributed by atoms with Crippen LogP contribution in [-0.2, 0) is 0 Å². The Morgan fingerprint density at radius 2 is 2.28 bits per heavy atom. The van der Waals surface area contributed by atoms with Gasteiger partial charge in [-0.3, -0.25) is 4.99 Å². The predicted molar refractivity (Wildman–Crippen MR) is 83.2 cm³/mol. The van der Waals surface area contributed by atoms with E-state index in [4.69, 9.17) is 5.73 Å². The molecule has 0 radical (unpaired) electrons. The van der Waals surface area contributed by atoms with Crippen LogP contribution in [0.3, 0.4) is 0 Å². The fourth-order valence-electron chi connectivity index (χ4n) is 1.83. The molecule has 1 heterocycles. The summed E-state index contributed by atoms with van der Waals surface area (Å²) >= 11 is 0. The second-order valence-corrected chi connectivity index (χ2v) is 4.43. The minimum Gasteiger partial charge on any atom is -0.390 e. The highest BCUT2D eigenvalue weighted by molar-refractivity contribution is 14.0. The van der Waals surface area contributed by atoms with Crippen molar-refractivity contribution >= 4 is 35.8 Å². The Labute approximate surface area is 124 Å². The van der Waals surface area contributed by atoms with Gasteiger partial charge in [0.1, 0.15) is 5.82 Å². The number of aliphatic imine (C=N–C) groups is 1. The number of anilines is 1. The molecule has 0 aromatic carbocycles. The lowest BCUT2D eigenvalue weighted by Crippen LogP contribution is -2.37. The first-order valence-electron chi connectivity index (χ1n) is 5.88. The molecule has 6 heteroatoms. The minimum absolute atomic E-state index is 0. The zero-order valence-corrected chi connectivity index (χ0v) is 12.5. The number of rotatable bonds is 4. The molecule has 0 saturated heterocycles. The summed E-state index contributed by atoms with van der Waals surface area (Å²) in [6, 6.07) is 5.53. The number of halogens is 1. The zero-order chi connectivity index (χ0) is 12.1. The van der Waals surface area contributed by atoms with Gasteiger partial charge in [-0.15, -0.1) is 24.0 Å². The van der Waals surface area contributed by atoms with Crippen LogP contribution in [0.2, 0.25) is 0 Å². The number of aliphatic hydroxyl groups is 1. The monoisotopic (exact) mass is 362 g/mol. The molecule has 0 amide bonds. The molecule has 1 fully saturated rings. The largest absolute Gasteiger partial charge is 0.390 e. The molecule has 18 heavy (non-hydrogen) atoms. The van der Waals surface area contributed by atoms with E-state index in [2.05, 4.69) is 15.3 Å². The summed E-state index contributed by atoms with van der Waals surface area (Å²) in [4.78, 5) is 8.25. The molecule has 1 saturated carbocycles. The molecule has 0 atom stereocenters. The fraction of sp³-hybridized carbons (Fsp3) is 0.500. The van der Waals surface area contributed by atoms with Gasteiger partial charge in [0.05, 0.1) is 5.60 Å². The average molecular weight is 362 g/mol. The van der Waals surface area contributed by atoms with Gasteiger partial charge in [-0.1, -0.05) is 6.07 Å². The fourth-order valence-corrected chi connectivity index (χ4v) is 1.83. The van der Waals surface area contributed by atoms with Gasteiger partial charge >= 0.3 is 0 Å². The van der Waals surface area contributed by atoms with Gasteiger partial charge in [0.15, 0.2) is 5.96 Å². The van der Waals surface area contributed by atoms with Gasteiger partial charge < -0.3 is 16.2 Å². The van der Waals surface area contributed by atoms with Crippen molar-refractivity contribution in [2.75, 3.05) is 11.9 Å². The van der Waals surface area contributed by atoms with Crippen molar-refractivity contribution in [1.82, 2.24) is 4.98 Å². The van der Waals surface area contributed by atoms with Gasteiger partial charge in [-0.05, 0) is 37.8 Å². The average Bonchev–Trinajstić information content (AvgIpc) is 2.28. The second-order valence-electron chi connectivity index (χ2n) is 4.43. The van der Waals surface area contributed by atoms with Crippen molar-refractivity contribution < 1.29 is 5.11 Å². The van der Waals surface area contributed by atoms with Crippen LogP contribution in [0.15, 0.2) is 29.4 Å². The summed E-state index contributed by atoms with van der Waals surface area (Å²) in [6.45, 7) is 0.544.